The molecule has 0 N–H and O–H groups in total. The van der Waals surface area contributed by atoms with Crippen LogP contribution in [0.3, 0.4) is 0 Å². The molecule has 134 heavy (non-hydrogen) atoms. The van der Waals surface area contributed by atoms with Crippen molar-refractivity contribution in [3.8, 4) is 91.2 Å². The molecule has 9 aliphatic carbocycles. The van der Waals surface area contributed by atoms with E-state index in [1.165, 1.54) is 19.3 Å². The molecule has 9 fully saturated rings. The van der Waals surface area contributed by atoms with Crippen molar-refractivity contribution in [2.24, 2.45) is 35.5 Å². The van der Waals surface area contributed by atoms with E-state index in [1.807, 2.05) is 36.4 Å². The van der Waals surface area contributed by atoms with Crippen LogP contribution in [-0.2, 0) is 10.8 Å². The van der Waals surface area contributed by atoms with Gasteiger partial charge in [0.15, 0.2) is 0 Å². The lowest BCUT2D eigenvalue weighted by Crippen LogP contribution is -2.57. The summed E-state index contributed by atoms with van der Waals surface area (Å²) in [6.45, 7) is -2.88. The molecular formula is C123H99B3N2O6. The van der Waals surface area contributed by atoms with Gasteiger partial charge in [-0.25, -0.2) is 0 Å². The number of para-hydroxylation sites is 6. The molecule has 6 aliphatic heterocycles. The van der Waals surface area contributed by atoms with Crippen molar-refractivity contribution < 1.29 is 91.5 Å². The highest BCUT2D eigenvalue weighted by Gasteiger charge is 2.54. The Morgan fingerprint density at radius 2 is 0.612 bits per heavy atom. The second-order valence-electron chi connectivity index (χ2n) is 37.5. The monoisotopic (exact) mass is 1780 g/mol. The van der Waals surface area contributed by atoms with E-state index in [0.717, 1.165) is 121 Å². The van der Waals surface area contributed by atoms with Crippen LogP contribution in [0.1, 0.15) is 188 Å². The molecule has 32 rings (SSSR count). The third kappa shape index (κ3) is 13.1. The highest BCUT2D eigenvalue weighted by Crippen LogP contribution is 2.63. The van der Waals surface area contributed by atoms with E-state index < -0.39 is 336 Å². The molecule has 0 radical (unpaired) electrons. The Kier molecular flexibility index (Phi) is 10.6. The molecule has 9 saturated carbocycles. The fourth-order valence-electron chi connectivity index (χ4n) is 24.9. The van der Waals surface area contributed by atoms with Gasteiger partial charge in [0.1, 0.15) is 69.0 Å². The smallest absolute Gasteiger partial charge is 0.260 e. The molecule has 646 valence electrons. The summed E-state index contributed by atoms with van der Waals surface area (Å²) in [6, 6.07) is -1.73. The molecule has 0 unspecified atom stereocenters. The van der Waals surface area contributed by atoms with Crippen molar-refractivity contribution in [3.05, 3.63) is 380 Å². The van der Waals surface area contributed by atoms with Gasteiger partial charge in [0.25, 0.3) is 20.1 Å². The van der Waals surface area contributed by atoms with Crippen LogP contribution in [0.15, 0.2) is 363 Å². The van der Waals surface area contributed by atoms with Crippen molar-refractivity contribution in [1.82, 2.24) is 0 Å². The molecule has 0 amide bonds. The van der Waals surface area contributed by atoms with Crippen LogP contribution in [0.2, 0.25) is 0 Å². The molecule has 17 aromatic rings. The zero-order chi connectivity index (χ0) is 128. The first-order valence-corrected chi connectivity index (χ1v) is 45.6. The van der Waals surface area contributed by atoms with Gasteiger partial charge in [-0.15, -0.1) is 0 Å². The van der Waals surface area contributed by atoms with Gasteiger partial charge in [-0.1, -0.05) is 218 Å². The summed E-state index contributed by atoms with van der Waals surface area (Å²) in [5, 5.41) is 2.43. The average Bonchev–Trinajstić information content (AvgIpc) is 0.770. The minimum atomic E-state index is -1.23. The lowest BCUT2D eigenvalue weighted by Gasteiger charge is -2.57. The third-order valence-electron chi connectivity index (χ3n) is 30.3. The lowest BCUT2D eigenvalue weighted by atomic mass is 9.34. The molecule has 0 spiro atoms. The van der Waals surface area contributed by atoms with Crippen LogP contribution in [0, 0.1) is 35.5 Å². The summed E-state index contributed by atoms with van der Waals surface area (Å²) in [7, 11) is 0. The first kappa shape index (κ1) is 45.5. The maximum absolute atomic E-state index is 9.42. The van der Waals surface area contributed by atoms with Gasteiger partial charge < -0.3 is 38.2 Å². The number of rotatable bonds is 11. The van der Waals surface area contributed by atoms with E-state index in [4.69, 9.17) is 83.3 Å². The fraction of sp³-hybridized carbons (Fsp3) is 0.203. The molecular weight excluding hydrogens is 1630 g/mol. The molecule has 11 heteroatoms. The second kappa shape index (κ2) is 31.2. The highest BCUT2D eigenvalue weighted by molar-refractivity contribution is 6.99. The summed E-state index contributed by atoms with van der Waals surface area (Å²) < 4.78 is 440. The summed E-state index contributed by atoms with van der Waals surface area (Å²) in [6.07, 6.45) is 16.4. The lowest BCUT2D eigenvalue weighted by molar-refractivity contribution is -0.00531. The number of nitrogens with zero attached hydrogens (tertiary/aromatic N) is 2. The Balaban J connectivity index is 0.000000133. The van der Waals surface area contributed by atoms with Gasteiger partial charge in [0, 0.05) is 50.5 Å². The predicted octanol–water partition coefficient (Wildman–Crippen LogP) is 26.4. The van der Waals surface area contributed by atoms with E-state index >= 15 is 0 Å². The van der Waals surface area contributed by atoms with Crippen LogP contribution >= 0.6 is 0 Å². The SMILES string of the molecule is [2H]c1c([2H])c([2H])c(-c2c([2H])c([2H])c3c(c2[2H])Oc2cc(C4C5CCC4CC5)cc4c2B3c2c([2H])c([2H])c(-c3c([2H])c([2H])c([2H])c([2H])c3[2H])c([2H])c2O4)c([2H])c1[2H].[2H]c1c([2H])c([2H])c(N(c2ccc3cc4c(cc3c2)Oc2cc(C35CC6CC(CC(C6)C3)C5)cc3c2B4c2cc4ccc(N(c5c([2H])c([2H])c([2H])c([2H])c5[2H])c5c([2H])c([2H])c([2H])c([2H])c5[2H])cc4cc2O3)c2c([2H])c([2H])c([2H])c([2H])c2[2H])c([2H])c1[2H].[2H]c1c([2H])c([2H])c2c(c1[2H])Oc1c([2H])c(C34CCC(CC3)CC4)c([2H])c3c1B2c1c([2H])c([2H])c([2H])c([2H])c1O3. The second-order valence-corrected chi connectivity index (χ2v) is 37.5. The molecule has 0 atom stereocenters. The van der Waals surface area contributed by atoms with E-state index in [-0.39, 0.29) is 108 Å². The average molecular weight is 1780 g/mol. The normalized spacial score (nSPS) is 26.7. The summed E-state index contributed by atoms with van der Waals surface area (Å²) in [4.78, 5) is 2.25. The Bertz CT molecular complexity index is 9710. The highest BCUT2D eigenvalue weighted by atomic mass is 16.5. The van der Waals surface area contributed by atoms with Crippen molar-refractivity contribution in [2.45, 2.75) is 119 Å². The largest absolute Gasteiger partial charge is 0.458 e. The van der Waals surface area contributed by atoms with E-state index in [2.05, 4.69) is 12.1 Å². The number of fused-ring (bicyclic) bond motifs is 19. The zero-order valence-electron chi connectivity index (χ0n) is 118. The van der Waals surface area contributed by atoms with Crippen LogP contribution in [-0.4, -0.2) is 20.1 Å². The summed E-state index contributed by atoms with van der Waals surface area (Å²) in [5.41, 5.74) is 1.40. The van der Waals surface area contributed by atoms with Crippen molar-refractivity contribution in [3.63, 3.8) is 0 Å². The minimum absolute atomic E-state index is 0.00668. The molecule has 0 saturated heterocycles. The Morgan fingerprint density at radius 1 is 0.254 bits per heavy atom. The quantitative estimate of drug-likeness (QED) is 0.119. The topological polar surface area (TPSA) is 61.9 Å². The summed E-state index contributed by atoms with van der Waals surface area (Å²) in [5.74, 6) is 5.08. The molecule has 0 aromatic heterocycles. The number of anilines is 6. The van der Waals surface area contributed by atoms with E-state index in [1.54, 1.807) is 36.4 Å². The molecule has 6 heterocycles. The van der Waals surface area contributed by atoms with Crippen LogP contribution in [0.4, 0.5) is 34.1 Å². The van der Waals surface area contributed by atoms with Gasteiger partial charge in [-0.05, 0) is 394 Å². The van der Waals surface area contributed by atoms with Crippen LogP contribution in [0.5, 0.6) is 69.0 Å². The Morgan fingerprint density at radius 3 is 1.04 bits per heavy atom. The summed E-state index contributed by atoms with van der Waals surface area (Å²) >= 11 is 0. The van der Waals surface area contributed by atoms with Gasteiger partial charge >= 0.3 is 0 Å². The minimum Gasteiger partial charge on any atom is -0.458 e. The molecule has 17 aromatic carbocycles. The van der Waals surface area contributed by atoms with Crippen LogP contribution < -0.4 is 87.4 Å². The molecule has 8 bridgehead atoms. The standard InChI is InChI=1S/C60H47BN2O2.C37H29BO2.C26H23BO2/c1-5-13-47(14-6-1)62(48-15-7-2-8-16-48)51-23-21-42-30-53-55(32-44(42)28-51)64-57-34-46(60-36-39-25-40(37-60)27-41(26-39)38-60)35-58-59(57)61(53)54-31-43-22-24-52(29-45(43)33-56(54)65-58)63(49-17-9-3-10-18-49)50-19-11-4-12-20-50;1-3-7-23(8-4-1)27-15-17-30-32(19-27)39-34-21-29(36-25-11-12-26(36)14-13-25)22-35-37(34)38(30)31-18-16-28(20-33(31)40-35)24-9-5-2-6-10-24;1-3-7-21-19(5-1)27-20-6-2-4-8-22(20)29-24-16-18(15-23(28-21)25(24)27)26-12-9-17(10-13-26)11-14-26/h1-24,28-35,39-41H,25-27,36-38H2;1-10,15-22,25-26,36H,11-14H2;1-8,15-17H,9-14H2/i1D,2D,3D,4D,5D,6D,7D,8D,9D,10D,11D,12D,13D,14D,15D,16D,17D,18D,19D,20D;1D,2D,3D,4D,5D,6D,7D,8D,9D,10D,15D,16D,17D,18D,19D,20D;1D,2D,3D,4D,5D,6D,7D,8D,15D,16D. The maximum Gasteiger partial charge on any atom is 0.260 e. The Hall–Kier alpha value is -14.1. The first-order chi connectivity index (χ1) is 85.3. The fourth-order valence-corrected chi connectivity index (χ4v) is 24.9. The van der Waals surface area contributed by atoms with Gasteiger partial charge in [0.2, 0.25) is 0 Å². The number of hydrogen-bond donors (Lipinski definition) is 0. The zero-order valence-corrected chi connectivity index (χ0v) is 71.5. The Labute approximate surface area is 849 Å². The maximum atomic E-state index is 9.42. The van der Waals surface area contributed by atoms with Gasteiger partial charge in [-0.3, -0.25) is 0 Å². The van der Waals surface area contributed by atoms with Gasteiger partial charge in [0.05, 0.1) is 63.1 Å². The number of hydrogen-bond acceptors (Lipinski definition) is 8. The third-order valence-corrected chi connectivity index (χ3v) is 30.3. The molecule has 8 nitrogen and oxygen atoms in total. The van der Waals surface area contributed by atoms with Crippen molar-refractivity contribution in [1.29, 1.82) is 0 Å². The van der Waals surface area contributed by atoms with Crippen LogP contribution in [0.25, 0.3) is 43.8 Å². The van der Waals surface area contributed by atoms with E-state index in [0.29, 0.717) is 91.1 Å². The van der Waals surface area contributed by atoms with Crippen molar-refractivity contribution >= 4 is 125 Å². The number of ether oxygens (including phenoxy) is 6. The van der Waals surface area contributed by atoms with Crippen molar-refractivity contribution in [2.75, 3.05) is 9.80 Å². The molecule has 15 aliphatic rings. The van der Waals surface area contributed by atoms with Gasteiger partial charge in [-0.2, -0.15) is 0 Å². The first-order valence-electron chi connectivity index (χ1n) is 68.6. The van der Waals surface area contributed by atoms with E-state index in [9.17, 15) is 8.22 Å². The number of benzene rings is 17. The predicted molar refractivity (Wildman–Crippen MR) is 549 cm³/mol.